The normalized spacial score (nSPS) is 55.8. The van der Waals surface area contributed by atoms with Crippen LogP contribution in [-0.4, -0.2) is 74.4 Å². The number of aliphatic hydroxyl groups excluding tert-OH is 3. The first-order valence-corrected chi connectivity index (χ1v) is 16.9. The number of fused-ring (bicyclic) bond motifs is 7. The molecule has 4 saturated carbocycles. The van der Waals surface area contributed by atoms with Crippen LogP contribution >= 0.6 is 0 Å². The molecule has 5 fully saturated rings. The van der Waals surface area contributed by atoms with E-state index in [1.807, 2.05) is 13.8 Å². The minimum absolute atomic E-state index is 0.0236. The van der Waals surface area contributed by atoms with Crippen LogP contribution in [0, 0.1) is 57.2 Å². The van der Waals surface area contributed by atoms with E-state index < -0.39 is 42.1 Å². The molecule has 0 aromatic carbocycles. The number of allylic oxidation sites excluding steroid dienone is 1. The molecule has 8 heteroatoms. The van der Waals surface area contributed by atoms with E-state index in [-0.39, 0.29) is 52.1 Å². The number of carboxylic acid groups (broad SMARTS) is 1. The van der Waals surface area contributed by atoms with Crippen LogP contribution in [0.4, 0.5) is 0 Å². The first-order chi connectivity index (χ1) is 19.9. The van der Waals surface area contributed by atoms with Crippen molar-refractivity contribution in [3.63, 3.8) is 0 Å². The summed E-state index contributed by atoms with van der Waals surface area (Å²) in [6.07, 6.45) is 5.34. The van der Waals surface area contributed by atoms with Crippen LogP contribution in [0.25, 0.3) is 0 Å². The Morgan fingerprint density at radius 1 is 1.00 bits per heavy atom. The quantitative estimate of drug-likeness (QED) is 0.296. The molecule has 0 spiro atoms. The molecule has 0 aromatic rings. The number of carbonyl (C=O) groups is 1. The molecular formula is C35H56O8. The molecule has 1 heterocycles. The van der Waals surface area contributed by atoms with Gasteiger partial charge in [0, 0.05) is 5.92 Å². The summed E-state index contributed by atoms with van der Waals surface area (Å²) in [5.41, 5.74) is 0.181. The average molecular weight is 605 g/mol. The van der Waals surface area contributed by atoms with Gasteiger partial charge in [-0.1, -0.05) is 53.2 Å². The van der Waals surface area contributed by atoms with Crippen LogP contribution in [0.1, 0.15) is 99.8 Å². The van der Waals surface area contributed by atoms with E-state index in [1.165, 1.54) is 5.57 Å². The average Bonchev–Trinajstić information content (AvgIpc) is 3.20. The van der Waals surface area contributed by atoms with Crippen molar-refractivity contribution in [2.45, 2.75) is 136 Å². The molecular weight excluding hydrogens is 548 g/mol. The molecule has 244 valence electrons. The van der Waals surface area contributed by atoms with E-state index in [4.69, 9.17) is 9.47 Å². The fourth-order valence-electron chi connectivity index (χ4n) is 12.2. The van der Waals surface area contributed by atoms with Gasteiger partial charge < -0.3 is 35.0 Å². The number of aliphatic hydroxyl groups is 4. The lowest BCUT2D eigenvalue weighted by Crippen LogP contribution is -2.66. The molecule has 5 N–H and O–H groups in total. The predicted octanol–water partition coefficient (Wildman–Crippen LogP) is 4.52. The van der Waals surface area contributed by atoms with E-state index in [9.17, 15) is 30.3 Å². The molecule has 1 aliphatic heterocycles. The van der Waals surface area contributed by atoms with Crippen molar-refractivity contribution in [2.24, 2.45) is 57.2 Å². The summed E-state index contributed by atoms with van der Waals surface area (Å²) in [4.78, 5) is 12.4. The molecule has 0 bridgehead atoms. The van der Waals surface area contributed by atoms with E-state index in [1.54, 1.807) is 0 Å². The second kappa shape index (κ2) is 10.2. The molecule has 43 heavy (non-hydrogen) atoms. The molecule has 15 atom stereocenters. The molecule has 0 unspecified atom stereocenters. The highest BCUT2D eigenvalue weighted by atomic mass is 16.7. The Morgan fingerprint density at radius 2 is 1.70 bits per heavy atom. The molecule has 8 nitrogen and oxygen atoms in total. The van der Waals surface area contributed by atoms with Crippen LogP contribution in [0.15, 0.2) is 11.6 Å². The topological polar surface area (TPSA) is 137 Å². The molecule has 6 rings (SSSR count). The Bertz CT molecular complexity index is 1150. The summed E-state index contributed by atoms with van der Waals surface area (Å²) < 4.78 is 12.2. The van der Waals surface area contributed by atoms with Gasteiger partial charge >= 0.3 is 5.97 Å². The summed E-state index contributed by atoms with van der Waals surface area (Å²) >= 11 is 0. The van der Waals surface area contributed by atoms with E-state index >= 15 is 0 Å². The Hall–Kier alpha value is -1.03. The fraction of sp³-hybridized carbons (Fsp3) is 0.914. The van der Waals surface area contributed by atoms with Gasteiger partial charge in [-0.25, -0.2) is 0 Å². The lowest BCUT2D eigenvalue weighted by Gasteiger charge is -2.71. The van der Waals surface area contributed by atoms with Crippen molar-refractivity contribution in [1.29, 1.82) is 0 Å². The summed E-state index contributed by atoms with van der Waals surface area (Å²) in [5, 5.41) is 52.6. The van der Waals surface area contributed by atoms with Crippen molar-refractivity contribution in [2.75, 3.05) is 6.61 Å². The first kappa shape index (κ1) is 31.9. The monoisotopic (exact) mass is 604 g/mol. The highest BCUT2D eigenvalue weighted by molar-refractivity contribution is 5.71. The highest BCUT2D eigenvalue weighted by Crippen LogP contribution is 2.75. The second-order valence-electron chi connectivity index (χ2n) is 17.0. The van der Waals surface area contributed by atoms with Crippen LogP contribution in [0.5, 0.6) is 0 Å². The summed E-state index contributed by atoms with van der Waals surface area (Å²) in [5.74, 6) is -0.527. The van der Waals surface area contributed by atoms with Crippen LogP contribution < -0.4 is 0 Å². The van der Waals surface area contributed by atoms with Crippen molar-refractivity contribution in [3.05, 3.63) is 11.6 Å². The number of hydrogen-bond acceptors (Lipinski definition) is 7. The van der Waals surface area contributed by atoms with Gasteiger partial charge in [-0.2, -0.15) is 0 Å². The third-order valence-corrected chi connectivity index (χ3v) is 15.1. The number of ether oxygens (including phenoxy) is 2. The van der Waals surface area contributed by atoms with Gasteiger partial charge in [0.25, 0.3) is 0 Å². The molecule has 0 radical (unpaired) electrons. The lowest BCUT2D eigenvalue weighted by atomic mass is 9.34. The molecule has 6 aliphatic rings. The van der Waals surface area contributed by atoms with Gasteiger partial charge in [0.15, 0.2) is 6.29 Å². The van der Waals surface area contributed by atoms with Crippen molar-refractivity contribution in [3.8, 4) is 0 Å². The zero-order chi connectivity index (χ0) is 31.5. The number of aliphatic carboxylic acids is 1. The predicted molar refractivity (Wildman–Crippen MR) is 161 cm³/mol. The Morgan fingerprint density at radius 3 is 2.33 bits per heavy atom. The number of carboxylic acids is 1. The molecule has 1 saturated heterocycles. The lowest BCUT2D eigenvalue weighted by molar-refractivity contribution is -0.260. The zero-order valence-corrected chi connectivity index (χ0v) is 27.3. The third kappa shape index (κ3) is 4.25. The zero-order valence-electron chi connectivity index (χ0n) is 27.3. The van der Waals surface area contributed by atoms with Crippen LogP contribution in [0.2, 0.25) is 0 Å². The van der Waals surface area contributed by atoms with Crippen molar-refractivity contribution >= 4 is 5.97 Å². The van der Waals surface area contributed by atoms with Gasteiger partial charge in [-0.05, 0) is 104 Å². The molecule has 5 aliphatic carbocycles. The van der Waals surface area contributed by atoms with Crippen LogP contribution in [0.3, 0.4) is 0 Å². The molecule has 0 aromatic heterocycles. The highest BCUT2D eigenvalue weighted by Gasteiger charge is 2.69. The number of rotatable bonds is 4. The maximum absolute atomic E-state index is 12.4. The van der Waals surface area contributed by atoms with Gasteiger partial charge in [0.05, 0.1) is 24.2 Å². The SMILES string of the molecule is C[C@@H]1C[C@@H](C(=O)O)[C@@H]2CC[C@]3(C)C(=CC[C@@H]4[C@@]5(C)CC[C@H](O[C@H]6O[C@H](CO)[C@@H](O)[C@@H]6O)C(C)(C)[C@@H]5CC[C@]43C)[C@@H]2[C@]1(C)O. The van der Waals surface area contributed by atoms with Gasteiger partial charge in [0.2, 0.25) is 0 Å². The number of hydrogen-bond donors (Lipinski definition) is 5. The van der Waals surface area contributed by atoms with Crippen molar-refractivity contribution in [1.82, 2.24) is 0 Å². The third-order valence-electron chi connectivity index (χ3n) is 15.1. The standard InChI is InChI=1S/C35H56O8/c1-18-16-20(29(39)40)19-10-14-33(5)21(26(19)35(18,7)41)8-9-24-32(4)13-12-25(31(2,3)23(32)11-15-34(24,33)6)43-30-28(38)27(37)22(17-36)42-30/h8,18-20,22-28,30,36-38,41H,9-17H2,1-7H3,(H,39,40)/t18-,19+,20-,22-,23+,24-,25+,26-,27-,28+,30-,32+,33-,34-,35-/m1/s1. The van der Waals surface area contributed by atoms with E-state index in [0.29, 0.717) is 18.3 Å². The minimum Gasteiger partial charge on any atom is -0.481 e. The largest absolute Gasteiger partial charge is 0.481 e. The first-order valence-electron chi connectivity index (χ1n) is 16.9. The summed E-state index contributed by atoms with van der Waals surface area (Å²) in [7, 11) is 0. The van der Waals surface area contributed by atoms with E-state index in [0.717, 1.165) is 44.9 Å². The maximum atomic E-state index is 12.4. The maximum Gasteiger partial charge on any atom is 0.306 e. The van der Waals surface area contributed by atoms with Gasteiger partial charge in [0.1, 0.15) is 18.3 Å². The Kier molecular flexibility index (Phi) is 7.60. The van der Waals surface area contributed by atoms with E-state index in [2.05, 4.69) is 40.7 Å². The Labute approximate surface area is 257 Å². The smallest absolute Gasteiger partial charge is 0.306 e. The fourth-order valence-corrected chi connectivity index (χ4v) is 12.2. The van der Waals surface area contributed by atoms with Gasteiger partial charge in [-0.15, -0.1) is 0 Å². The second-order valence-corrected chi connectivity index (χ2v) is 17.0. The Balaban J connectivity index is 1.31. The minimum atomic E-state index is -1.19. The van der Waals surface area contributed by atoms with Crippen molar-refractivity contribution < 1.29 is 39.8 Å². The van der Waals surface area contributed by atoms with Crippen LogP contribution in [-0.2, 0) is 14.3 Å². The van der Waals surface area contributed by atoms with Gasteiger partial charge in [-0.3, -0.25) is 4.79 Å². The summed E-state index contributed by atoms with van der Waals surface area (Å²) in [6, 6.07) is 0. The molecule has 0 amide bonds. The summed E-state index contributed by atoms with van der Waals surface area (Å²) in [6.45, 7) is 15.6.